The number of benzene rings is 1. The fraction of sp³-hybridized carbons (Fsp3) is 0.333. The summed E-state index contributed by atoms with van der Waals surface area (Å²) < 4.78 is 6.71. The lowest BCUT2D eigenvalue weighted by Gasteiger charge is -2.18. The van der Waals surface area contributed by atoms with Crippen molar-refractivity contribution < 1.29 is 9.53 Å². The molecule has 0 radical (unpaired) electrons. The summed E-state index contributed by atoms with van der Waals surface area (Å²) >= 11 is 3.42. The number of ether oxygens (including phenoxy) is 1. The monoisotopic (exact) mass is 389 g/mol. The van der Waals surface area contributed by atoms with E-state index in [0.717, 1.165) is 17.3 Å². The standard InChI is InChI=1S/C18H20BrN3O2/c19-16-7-4-10-20-17(16)24-15-9-12-22(13-15)18(23)21-11-8-14-5-2-1-3-6-14/h1-7,10,15H,8-9,11-13H2,(H,21,23). The minimum absolute atomic E-state index is 0.0175. The van der Waals surface area contributed by atoms with Gasteiger partial charge in [0.1, 0.15) is 6.10 Å². The highest BCUT2D eigenvalue weighted by Crippen LogP contribution is 2.24. The van der Waals surface area contributed by atoms with Crippen LogP contribution >= 0.6 is 15.9 Å². The van der Waals surface area contributed by atoms with E-state index in [-0.39, 0.29) is 12.1 Å². The first-order valence-electron chi connectivity index (χ1n) is 8.06. The Balaban J connectivity index is 1.43. The van der Waals surface area contributed by atoms with Gasteiger partial charge in [-0.05, 0) is 40.0 Å². The summed E-state index contributed by atoms with van der Waals surface area (Å²) in [6.07, 6.45) is 3.33. The molecule has 0 spiro atoms. The molecule has 3 rings (SSSR count). The maximum absolute atomic E-state index is 12.2. The quantitative estimate of drug-likeness (QED) is 0.853. The van der Waals surface area contributed by atoms with Gasteiger partial charge >= 0.3 is 6.03 Å². The summed E-state index contributed by atoms with van der Waals surface area (Å²) in [5, 5.41) is 2.98. The number of urea groups is 1. The molecule has 5 nitrogen and oxygen atoms in total. The Hall–Kier alpha value is -2.08. The predicted molar refractivity (Wildman–Crippen MR) is 96.1 cm³/mol. The van der Waals surface area contributed by atoms with Crippen LogP contribution in [-0.2, 0) is 6.42 Å². The van der Waals surface area contributed by atoms with Crippen LogP contribution in [0.3, 0.4) is 0 Å². The predicted octanol–water partition coefficient (Wildman–Crippen LogP) is 3.25. The molecule has 1 atom stereocenters. The van der Waals surface area contributed by atoms with Crippen LogP contribution in [0.1, 0.15) is 12.0 Å². The third kappa shape index (κ3) is 4.47. The number of likely N-dealkylation sites (tertiary alicyclic amines) is 1. The topological polar surface area (TPSA) is 54.5 Å². The molecule has 1 aromatic carbocycles. The molecule has 0 aliphatic carbocycles. The van der Waals surface area contributed by atoms with Crippen LogP contribution in [0.4, 0.5) is 4.79 Å². The molecule has 1 aliphatic rings. The normalized spacial score (nSPS) is 16.9. The number of amides is 2. The van der Waals surface area contributed by atoms with Gasteiger partial charge in [-0.2, -0.15) is 0 Å². The van der Waals surface area contributed by atoms with Gasteiger partial charge < -0.3 is 15.0 Å². The smallest absolute Gasteiger partial charge is 0.317 e. The van der Waals surface area contributed by atoms with Gasteiger partial charge in [-0.1, -0.05) is 30.3 Å². The maximum Gasteiger partial charge on any atom is 0.317 e. The number of carbonyl (C=O) groups is 1. The Kier molecular flexibility index (Phi) is 5.69. The van der Waals surface area contributed by atoms with Gasteiger partial charge in [0.25, 0.3) is 0 Å². The number of carbonyl (C=O) groups excluding carboxylic acids is 1. The molecule has 1 aromatic heterocycles. The third-order valence-corrected chi connectivity index (χ3v) is 4.57. The molecule has 1 unspecified atom stereocenters. The van der Waals surface area contributed by atoms with E-state index >= 15 is 0 Å². The third-order valence-electron chi connectivity index (χ3n) is 3.97. The molecule has 1 saturated heterocycles. The van der Waals surface area contributed by atoms with E-state index in [1.807, 2.05) is 30.3 Å². The molecule has 2 heterocycles. The lowest BCUT2D eigenvalue weighted by Crippen LogP contribution is -2.40. The number of nitrogens with one attached hydrogen (secondary N) is 1. The highest BCUT2D eigenvalue weighted by Gasteiger charge is 2.28. The fourth-order valence-electron chi connectivity index (χ4n) is 2.69. The Morgan fingerprint density at radius 3 is 2.92 bits per heavy atom. The first-order valence-corrected chi connectivity index (χ1v) is 8.85. The van der Waals surface area contributed by atoms with Crippen molar-refractivity contribution in [2.45, 2.75) is 18.9 Å². The van der Waals surface area contributed by atoms with Gasteiger partial charge in [-0.25, -0.2) is 9.78 Å². The van der Waals surface area contributed by atoms with Gasteiger partial charge in [0, 0.05) is 25.7 Å². The van der Waals surface area contributed by atoms with Crippen LogP contribution in [-0.4, -0.2) is 41.7 Å². The zero-order chi connectivity index (χ0) is 16.8. The van der Waals surface area contributed by atoms with Gasteiger partial charge in [-0.15, -0.1) is 0 Å². The first kappa shape index (κ1) is 16.8. The Labute approximate surface area is 150 Å². The molecule has 1 N–H and O–H groups in total. The van der Waals surface area contributed by atoms with E-state index in [2.05, 4.69) is 38.4 Å². The zero-order valence-electron chi connectivity index (χ0n) is 13.3. The SMILES string of the molecule is O=C(NCCc1ccccc1)N1CCC(Oc2ncccc2Br)C1. The highest BCUT2D eigenvalue weighted by atomic mass is 79.9. The minimum Gasteiger partial charge on any atom is -0.472 e. The number of aromatic nitrogens is 1. The largest absolute Gasteiger partial charge is 0.472 e. The molecule has 0 bridgehead atoms. The van der Waals surface area contributed by atoms with Crippen LogP contribution < -0.4 is 10.1 Å². The minimum atomic E-state index is -0.0304. The summed E-state index contributed by atoms with van der Waals surface area (Å²) in [4.78, 5) is 18.2. The summed E-state index contributed by atoms with van der Waals surface area (Å²) in [6, 6.07) is 13.9. The summed E-state index contributed by atoms with van der Waals surface area (Å²) in [5.74, 6) is 0.578. The molecule has 2 amide bonds. The van der Waals surface area contributed by atoms with Crippen LogP contribution in [0.2, 0.25) is 0 Å². The Morgan fingerprint density at radius 1 is 1.29 bits per heavy atom. The molecule has 24 heavy (non-hydrogen) atoms. The van der Waals surface area contributed by atoms with Crippen molar-refractivity contribution in [3.8, 4) is 5.88 Å². The second-order valence-electron chi connectivity index (χ2n) is 5.73. The Morgan fingerprint density at radius 2 is 2.12 bits per heavy atom. The molecule has 126 valence electrons. The van der Waals surface area contributed by atoms with E-state index in [9.17, 15) is 4.79 Å². The van der Waals surface area contributed by atoms with Gasteiger partial charge in [0.05, 0.1) is 11.0 Å². The maximum atomic E-state index is 12.2. The van der Waals surface area contributed by atoms with E-state index in [1.54, 1.807) is 11.1 Å². The molecular formula is C18H20BrN3O2. The van der Waals surface area contributed by atoms with Gasteiger partial charge in [0.2, 0.25) is 5.88 Å². The molecule has 1 aliphatic heterocycles. The molecule has 6 heteroatoms. The van der Waals surface area contributed by atoms with Crippen LogP contribution in [0.15, 0.2) is 53.1 Å². The van der Waals surface area contributed by atoms with E-state index in [1.165, 1.54) is 5.56 Å². The first-order chi connectivity index (χ1) is 11.7. The summed E-state index contributed by atoms with van der Waals surface area (Å²) in [5.41, 5.74) is 1.22. The summed E-state index contributed by atoms with van der Waals surface area (Å²) in [7, 11) is 0. The van der Waals surface area contributed by atoms with Crippen molar-refractivity contribution in [3.05, 3.63) is 58.7 Å². The van der Waals surface area contributed by atoms with Crippen molar-refractivity contribution in [2.24, 2.45) is 0 Å². The number of nitrogens with zero attached hydrogens (tertiary/aromatic N) is 2. The number of hydrogen-bond donors (Lipinski definition) is 1. The number of rotatable bonds is 5. The summed E-state index contributed by atoms with van der Waals surface area (Å²) in [6.45, 7) is 1.92. The number of pyridine rings is 1. The second-order valence-corrected chi connectivity index (χ2v) is 6.59. The fourth-order valence-corrected chi connectivity index (χ4v) is 3.04. The Bertz CT molecular complexity index is 681. The van der Waals surface area contributed by atoms with E-state index in [0.29, 0.717) is 25.5 Å². The lowest BCUT2D eigenvalue weighted by molar-refractivity contribution is 0.182. The average molecular weight is 390 g/mol. The van der Waals surface area contributed by atoms with Gasteiger partial charge in [0.15, 0.2) is 0 Å². The van der Waals surface area contributed by atoms with Crippen LogP contribution in [0.5, 0.6) is 5.88 Å². The lowest BCUT2D eigenvalue weighted by atomic mass is 10.1. The second kappa shape index (κ2) is 8.15. The van der Waals surface area contributed by atoms with Crippen molar-refractivity contribution in [1.82, 2.24) is 15.2 Å². The number of halogens is 1. The van der Waals surface area contributed by atoms with Crippen molar-refractivity contribution >= 4 is 22.0 Å². The van der Waals surface area contributed by atoms with Gasteiger partial charge in [-0.3, -0.25) is 0 Å². The average Bonchev–Trinajstić information content (AvgIpc) is 3.07. The number of hydrogen-bond acceptors (Lipinski definition) is 3. The van der Waals surface area contributed by atoms with Crippen molar-refractivity contribution in [2.75, 3.05) is 19.6 Å². The zero-order valence-corrected chi connectivity index (χ0v) is 14.9. The molecular weight excluding hydrogens is 370 g/mol. The molecule has 2 aromatic rings. The van der Waals surface area contributed by atoms with Crippen molar-refractivity contribution in [3.63, 3.8) is 0 Å². The van der Waals surface area contributed by atoms with Crippen LogP contribution in [0.25, 0.3) is 0 Å². The van der Waals surface area contributed by atoms with Crippen LogP contribution in [0, 0.1) is 0 Å². The van der Waals surface area contributed by atoms with E-state index < -0.39 is 0 Å². The van der Waals surface area contributed by atoms with Crippen molar-refractivity contribution in [1.29, 1.82) is 0 Å². The molecule has 1 fully saturated rings. The van der Waals surface area contributed by atoms with E-state index in [4.69, 9.17) is 4.74 Å². The molecule has 0 saturated carbocycles. The highest BCUT2D eigenvalue weighted by molar-refractivity contribution is 9.10.